The summed E-state index contributed by atoms with van der Waals surface area (Å²) in [6.07, 6.45) is 3.66. The number of rotatable bonds is 6. The van der Waals surface area contributed by atoms with E-state index in [9.17, 15) is 13.0 Å². The third-order valence-electron chi connectivity index (χ3n) is 1.23. The summed E-state index contributed by atoms with van der Waals surface area (Å²) in [7, 11) is -4.46. The molecule has 0 aliphatic heterocycles. The van der Waals surface area contributed by atoms with Gasteiger partial charge in [-0.1, -0.05) is 26.2 Å². The van der Waals surface area contributed by atoms with E-state index in [-0.39, 0.29) is 29.0 Å². The van der Waals surface area contributed by atoms with Gasteiger partial charge in [-0.2, -0.15) is 0 Å². The molecule has 12 heavy (non-hydrogen) atoms. The fraction of sp³-hybridized carbons (Fsp3) is 1.00. The van der Waals surface area contributed by atoms with Gasteiger partial charge in [-0.3, -0.25) is 4.18 Å². The predicted molar refractivity (Wildman–Crippen MR) is 39.8 cm³/mol. The molecule has 0 saturated carbocycles. The average molecular weight is 289 g/mol. The summed E-state index contributed by atoms with van der Waals surface area (Å²) >= 11 is 0. The fourth-order valence-corrected chi connectivity index (χ4v) is 1.01. The molecule has 0 aliphatic rings. The Bertz CT molecular complexity index is 178. The van der Waals surface area contributed by atoms with E-state index < -0.39 is 10.4 Å². The van der Waals surface area contributed by atoms with Gasteiger partial charge in [0.15, 0.2) is 0 Å². The maximum atomic E-state index is 9.89. The molecule has 0 aromatic carbocycles. The van der Waals surface area contributed by atoms with Crippen LogP contribution in [-0.4, -0.2) is 19.6 Å². The molecular formula is C6H13AgO4S. The zero-order chi connectivity index (χ0) is 8.74. The predicted octanol–water partition coefficient (Wildman–Crippen LogP) is 1.04. The van der Waals surface area contributed by atoms with Crippen molar-refractivity contribution in [3.63, 3.8) is 0 Å². The second-order valence-electron chi connectivity index (χ2n) is 2.29. The Morgan fingerprint density at radius 2 is 1.83 bits per heavy atom. The van der Waals surface area contributed by atoms with E-state index >= 15 is 0 Å². The van der Waals surface area contributed by atoms with Crippen LogP contribution in [0.4, 0.5) is 0 Å². The molecular weight excluding hydrogens is 276 g/mol. The van der Waals surface area contributed by atoms with E-state index in [1.165, 1.54) is 0 Å². The van der Waals surface area contributed by atoms with Crippen molar-refractivity contribution in [1.29, 1.82) is 0 Å². The Labute approximate surface area is 89.1 Å². The monoisotopic (exact) mass is 288 g/mol. The fourth-order valence-electron chi connectivity index (χ4n) is 0.690. The van der Waals surface area contributed by atoms with Crippen LogP contribution in [0.3, 0.4) is 0 Å². The van der Waals surface area contributed by atoms with Gasteiger partial charge in [0.2, 0.25) is 10.4 Å². The summed E-state index contributed by atoms with van der Waals surface area (Å²) in [5.41, 5.74) is 0. The molecule has 0 aromatic rings. The topological polar surface area (TPSA) is 66.4 Å². The molecule has 78 valence electrons. The molecule has 0 fully saturated rings. The van der Waals surface area contributed by atoms with Crippen LogP contribution in [0.25, 0.3) is 0 Å². The molecule has 0 N–H and O–H groups in total. The van der Waals surface area contributed by atoms with Crippen molar-refractivity contribution >= 4 is 10.4 Å². The number of hydrogen-bond acceptors (Lipinski definition) is 4. The summed E-state index contributed by atoms with van der Waals surface area (Å²) in [5, 5.41) is 0. The van der Waals surface area contributed by atoms with Gasteiger partial charge in [0.05, 0.1) is 6.61 Å². The molecule has 0 heterocycles. The molecule has 4 nitrogen and oxygen atoms in total. The van der Waals surface area contributed by atoms with E-state index in [0.29, 0.717) is 6.42 Å². The van der Waals surface area contributed by atoms with Gasteiger partial charge in [-0.15, -0.1) is 0 Å². The van der Waals surface area contributed by atoms with Crippen LogP contribution in [0.2, 0.25) is 0 Å². The molecule has 0 aromatic heterocycles. The molecule has 0 saturated heterocycles. The van der Waals surface area contributed by atoms with Gasteiger partial charge >= 0.3 is 22.4 Å². The van der Waals surface area contributed by atoms with Crippen molar-refractivity contribution in [2.45, 2.75) is 32.6 Å². The van der Waals surface area contributed by atoms with Gasteiger partial charge in [-0.25, -0.2) is 8.42 Å². The van der Waals surface area contributed by atoms with Crippen molar-refractivity contribution in [2.75, 3.05) is 6.61 Å². The third kappa shape index (κ3) is 13.2. The zero-order valence-corrected chi connectivity index (χ0v) is 9.18. The smallest absolute Gasteiger partial charge is 0.726 e. The second kappa shape index (κ2) is 8.22. The standard InChI is InChI=1S/C6H14O4S.Ag/c1-2-3-4-5-6-10-11(7,8)9;/h2-6H2,1H3,(H,7,8,9);/q;+1/p-1. The minimum atomic E-state index is -4.46. The van der Waals surface area contributed by atoms with E-state index in [1.54, 1.807) is 0 Å². The third-order valence-corrected chi connectivity index (χ3v) is 1.68. The van der Waals surface area contributed by atoms with E-state index in [4.69, 9.17) is 0 Å². The molecule has 0 radical (unpaired) electrons. The summed E-state index contributed by atoms with van der Waals surface area (Å²) in [4.78, 5) is 0. The van der Waals surface area contributed by atoms with Crippen LogP contribution < -0.4 is 0 Å². The number of hydrogen-bond donors (Lipinski definition) is 0. The average Bonchev–Trinajstić information content (AvgIpc) is 1.85. The van der Waals surface area contributed by atoms with Crippen molar-refractivity contribution in [3.8, 4) is 0 Å². The minimum absolute atomic E-state index is 0. The Morgan fingerprint density at radius 3 is 2.25 bits per heavy atom. The number of unbranched alkanes of at least 4 members (excludes halogenated alkanes) is 3. The molecule has 0 amide bonds. The minimum Gasteiger partial charge on any atom is -0.726 e. The molecule has 0 aliphatic carbocycles. The first-order valence-electron chi connectivity index (χ1n) is 3.66. The SMILES string of the molecule is CCCCCCOS(=O)(=O)[O-].[Ag+]. The Hall–Kier alpha value is 0.610. The molecule has 0 unspecified atom stereocenters. The first-order valence-corrected chi connectivity index (χ1v) is 5.00. The van der Waals surface area contributed by atoms with Crippen LogP contribution in [0.5, 0.6) is 0 Å². The first kappa shape index (κ1) is 15.1. The summed E-state index contributed by atoms with van der Waals surface area (Å²) < 4.78 is 33.7. The van der Waals surface area contributed by atoms with Crippen molar-refractivity contribution in [1.82, 2.24) is 0 Å². The van der Waals surface area contributed by atoms with Crippen LogP contribution in [0.15, 0.2) is 0 Å². The van der Waals surface area contributed by atoms with Crippen LogP contribution >= 0.6 is 0 Å². The maximum absolute atomic E-state index is 9.89. The van der Waals surface area contributed by atoms with Crippen LogP contribution in [-0.2, 0) is 37.0 Å². The van der Waals surface area contributed by atoms with Gasteiger partial charge in [0, 0.05) is 0 Å². The van der Waals surface area contributed by atoms with E-state index in [0.717, 1.165) is 19.3 Å². The van der Waals surface area contributed by atoms with Gasteiger partial charge in [0.25, 0.3) is 0 Å². The van der Waals surface area contributed by atoms with Crippen molar-refractivity contribution < 1.29 is 39.5 Å². The summed E-state index contributed by atoms with van der Waals surface area (Å²) in [6, 6.07) is 0. The summed E-state index contributed by atoms with van der Waals surface area (Å²) in [5.74, 6) is 0. The van der Waals surface area contributed by atoms with Crippen molar-refractivity contribution in [2.24, 2.45) is 0 Å². The Kier molecular flexibility index (Phi) is 10.3. The van der Waals surface area contributed by atoms with Gasteiger partial charge in [0.1, 0.15) is 0 Å². The normalized spacial score (nSPS) is 10.8. The molecule has 0 bridgehead atoms. The molecule has 0 rings (SSSR count). The van der Waals surface area contributed by atoms with Crippen LogP contribution in [0, 0.1) is 0 Å². The quantitative estimate of drug-likeness (QED) is 0.317. The first-order chi connectivity index (χ1) is 5.06. The molecule has 0 atom stereocenters. The Balaban J connectivity index is 0. The van der Waals surface area contributed by atoms with E-state index in [1.807, 2.05) is 6.92 Å². The van der Waals surface area contributed by atoms with E-state index in [2.05, 4.69) is 4.18 Å². The second-order valence-corrected chi connectivity index (χ2v) is 3.34. The van der Waals surface area contributed by atoms with Gasteiger partial charge < -0.3 is 4.55 Å². The maximum Gasteiger partial charge on any atom is 1.00 e. The Morgan fingerprint density at radius 1 is 1.25 bits per heavy atom. The summed E-state index contributed by atoms with van der Waals surface area (Å²) in [6.45, 7) is 2.07. The van der Waals surface area contributed by atoms with Crippen molar-refractivity contribution in [3.05, 3.63) is 0 Å². The molecule has 0 spiro atoms. The molecule has 6 heteroatoms. The zero-order valence-electron chi connectivity index (χ0n) is 6.88. The van der Waals surface area contributed by atoms with Crippen LogP contribution in [0.1, 0.15) is 32.6 Å². The van der Waals surface area contributed by atoms with Gasteiger partial charge in [-0.05, 0) is 6.42 Å². The largest absolute Gasteiger partial charge is 1.00 e.